The molecule has 0 spiro atoms. The first-order valence-electron chi connectivity index (χ1n) is 6.60. The molecular formula is C16H12N2O4. The van der Waals surface area contributed by atoms with Gasteiger partial charge in [-0.05, 0) is 18.2 Å². The predicted octanol–water partition coefficient (Wildman–Crippen LogP) is 2.31. The van der Waals surface area contributed by atoms with E-state index in [0.717, 1.165) is 5.56 Å². The van der Waals surface area contributed by atoms with Crippen LogP contribution in [0.3, 0.4) is 0 Å². The third-order valence-electron chi connectivity index (χ3n) is 3.17. The van der Waals surface area contributed by atoms with E-state index in [4.69, 9.17) is 9.63 Å². The Labute approximate surface area is 125 Å². The number of nitrogens with one attached hydrogen (secondary N) is 1. The fourth-order valence-electron chi connectivity index (χ4n) is 2.14. The second-order valence-electron chi connectivity index (χ2n) is 4.69. The normalized spacial score (nSPS) is 10.5. The third-order valence-corrected chi connectivity index (χ3v) is 3.17. The van der Waals surface area contributed by atoms with Gasteiger partial charge in [0.05, 0.1) is 5.39 Å². The minimum absolute atomic E-state index is 0.356. The van der Waals surface area contributed by atoms with Crippen LogP contribution in [0.5, 0.6) is 0 Å². The number of carboxylic acid groups (broad SMARTS) is 1. The zero-order chi connectivity index (χ0) is 15.5. The van der Waals surface area contributed by atoms with Crippen molar-refractivity contribution < 1.29 is 19.2 Å². The molecule has 6 heteroatoms. The lowest BCUT2D eigenvalue weighted by molar-refractivity contribution is -0.135. The number of carbonyl (C=O) groups excluding carboxylic acids is 1. The predicted molar refractivity (Wildman–Crippen MR) is 79.4 cm³/mol. The Morgan fingerprint density at radius 3 is 2.64 bits per heavy atom. The molecule has 1 heterocycles. The monoisotopic (exact) mass is 296 g/mol. The molecule has 3 rings (SSSR count). The highest BCUT2D eigenvalue weighted by Gasteiger charge is 2.14. The lowest BCUT2D eigenvalue weighted by Crippen LogP contribution is -2.29. The van der Waals surface area contributed by atoms with Gasteiger partial charge in [0.1, 0.15) is 12.1 Å². The Kier molecular flexibility index (Phi) is 3.57. The molecule has 0 atom stereocenters. The largest absolute Gasteiger partial charge is 0.480 e. The van der Waals surface area contributed by atoms with Gasteiger partial charge in [-0.25, -0.2) is 0 Å². The summed E-state index contributed by atoms with van der Waals surface area (Å²) < 4.78 is 5.36. The highest BCUT2D eigenvalue weighted by molar-refractivity contribution is 6.01. The van der Waals surface area contributed by atoms with Crippen molar-refractivity contribution in [2.24, 2.45) is 0 Å². The van der Waals surface area contributed by atoms with Crippen molar-refractivity contribution in [3.63, 3.8) is 0 Å². The van der Waals surface area contributed by atoms with Gasteiger partial charge in [0.2, 0.25) is 0 Å². The molecule has 110 valence electrons. The van der Waals surface area contributed by atoms with Gasteiger partial charge in [-0.3, -0.25) is 9.59 Å². The molecule has 0 unspecified atom stereocenters. The lowest BCUT2D eigenvalue weighted by Gasteiger charge is -2.02. The van der Waals surface area contributed by atoms with E-state index in [1.807, 2.05) is 30.3 Å². The van der Waals surface area contributed by atoms with Crippen LogP contribution < -0.4 is 5.32 Å². The second kappa shape index (κ2) is 5.69. The quantitative estimate of drug-likeness (QED) is 0.770. The Morgan fingerprint density at radius 2 is 1.91 bits per heavy atom. The van der Waals surface area contributed by atoms with Gasteiger partial charge in [0.15, 0.2) is 5.76 Å². The minimum atomic E-state index is -1.09. The number of hydrogen-bond donors (Lipinski definition) is 2. The number of rotatable bonds is 4. The molecule has 3 aromatic rings. The number of amides is 1. The fourth-order valence-corrected chi connectivity index (χ4v) is 2.14. The molecule has 2 aromatic carbocycles. The summed E-state index contributed by atoms with van der Waals surface area (Å²) in [5, 5.41) is 15.6. The number of aromatic nitrogens is 1. The van der Waals surface area contributed by atoms with Crippen molar-refractivity contribution in [3.8, 4) is 11.3 Å². The molecule has 22 heavy (non-hydrogen) atoms. The zero-order valence-electron chi connectivity index (χ0n) is 11.4. The van der Waals surface area contributed by atoms with E-state index in [2.05, 4.69) is 10.5 Å². The Morgan fingerprint density at radius 1 is 1.14 bits per heavy atom. The minimum Gasteiger partial charge on any atom is -0.480 e. The van der Waals surface area contributed by atoms with Crippen molar-refractivity contribution in [1.82, 2.24) is 10.5 Å². The number of carbonyl (C=O) groups is 2. The van der Waals surface area contributed by atoms with E-state index < -0.39 is 18.4 Å². The van der Waals surface area contributed by atoms with Crippen molar-refractivity contribution in [1.29, 1.82) is 0 Å². The van der Waals surface area contributed by atoms with E-state index in [-0.39, 0.29) is 0 Å². The summed E-state index contributed by atoms with van der Waals surface area (Å²) in [6, 6.07) is 14.3. The van der Waals surface area contributed by atoms with Gasteiger partial charge in [-0.1, -0.05) is 35.5 Å². The topological polar surface area (TPSA) is 92.4 Å². The average Bonchev–Trinajstić information content (AvgIpc) is 2.96. The molecule has 0 fully saturated rings. The van der Waals surface area contributed by atoms with Crippen LogP contribution in [0.25, 0.3) is 22.2 Å². The molecule has 0 aliphatic rings. The van der Waals surface area contributed by atoms with Crippen molar-refractivity contribution in [2.75, 3.05) is 6.54 Å². The summed E-state index contributed by atoms with van der Waals surface area (Å²) in [4.78, 5) is 22.4. The molecule has 6 nitrogen and oxygen atoms in total. The summed E-state index contributed by atoms with van der Waals surface area (Å²) in [6.45, 7) is -0.425. The number of aliphatic carboxylic acids is 1. The van der Waals surface area contributed by atoms with E-state index in [1.54, 1.807) is 18.2 Å². The number of hydrogen-bond acceptors (Lipinski definition) is 4. The molecule has 0 bridgehead atoms. The van der Waals surface area contributed by atoms with Gasteiger partial charge in [0, 0.05) is 11.1 Å². The number of carboxylic acids is 1. The van der Waals surface area contributed by atoms with Crippen LogP contribution in [0, 0.1) is 0 Å². The number of fused-ring (bicyclic) bond motifs is 1. The summed E-state index contributed by atoms with van der Waals surface area (Å²) in [5.74, 6) is -0.975. The van der Waals surface area contributed by atoms with E-state index in [0.29, 0.717) is 22.2 Å². The average molecular weight is 296 g/mol. The van der Waals surface area contributed by atoms with Crippen LogP contribution in [0.4, 0.5) is 0 Å². The molecule has 0 aliphatic heterocycles. The fraction of sp³-hybridized carbons (Fsp3) is 0.0625. The Bertz CT molecular complexity index is 840. The van der Waals surface area contributed by atoms with Crippen LogP contribution in [-0.2, 0) is 4.79 Å². The van der Waals surface area contributed by atoms with Gasteiger partial charge in [-0.2, -0.15) is 0 Å². The SMILES string of the molecule is O=C(O)CNC(=O)c1ccc2noc(-c3ccccc3)c2c1. The Balaban J connectivity index is 1.98. The van der Waals surface area contributed by atoms with Crippen LogP contribution in [0.1, 0.15) is 10.4 Å². The molecule has 1 aromatic heterocycles. The molecular weight excluding hydrogens is 284 g/mol. The maximum absolute atomic E-state index is 11.9. The van der Waals surface area contributed by atoms with E-state index in [9.17, 15) is 9.59 Å². The third kappa shape index (κ3) is 2.67. The highest BCUT2D eigenvalue weighted by atomic mass is 16.5. The molecule has 0 aliphatic carbocycles. The van der Waals surface area contributed by atoms with Crippen molar-refractivity contribution >= 4 is 22.8 Å². The van der Waals surface area contributed by atoms with Crippen LogP contribution >= 0.6 is 0 Å². The first-order valence-corrected chi connectivity index (χ1v) is 6.60. The summed E-state index contributed by atoms with van der Waals surface area (Å²) in [5.41, 5.74) is 1.84. The molecule has 2 N–H and O–H groups in total. The van der Waals surface area contributed by atoms with Crippen molar-refractivity contribution in [3.05, 3.63) is 54.1 Å². The Hall–Kier alpha value is -3.15. The molecule has 0 saturated carbocycles. The smallest absolute Gasteiger partial charge is 0.322 e. The first kappa shape index (κ1) is 13.8. The number of benzene rings is 2. The van der Waals surface area contributed by atoms with E-state index >= 15 is 0 Å². The maximum Gasteiger partial charge on any atom is 0.322 e. The van der Waals surface area contributed by atoms with Gasteiger partial charge < -0.3 is 14.9 Å². The molecule has 1 amide bonds. The van der Waals surface area contributed by atoms with Gasteiger partial charge >= 0.3 is 5.97 Å². The zero-order valence-corrected chi connectivity index (χ0v) is 11.4. The summed E-state index contributed by atoms with van der Waals surface area (Å²) >= 11 is 0. The van der Waals surface area contributed by atoms with Crippen LogP contribution in [-0.4, -0.2) is 28.7 Å². The van der Waals surface area contributed by atoms with E-state index in [1.165, 1.54) is 0 Å². The van der Waals surface area contributed by atoms with Gasteiger partial charge in [-0.15, -0.1) is 0 Å². The molecule has 0 saturated heterocycles. The van der Waals surface area contributed by atoms with Gasteiger partial charge in [0.25, 0.3) is 5.91 Å². The standard InChI is InChI=1S/C16H12N2O4/c19-14(20)9-17-16(21)11-6-7-13-12(8-11)15(22-18-13)10-4-2-1-3-5-10/h1-8H,9H2,(H,17,21)(H,19,20). The maximum atomic E-state index is 11.9. The first-order chi connectivity index (χ1) is 10.6. The van der Waals surface area contributed by atoms with Crippen molar-refractivity contribution in [2.45, 2.75) is 0 Å². The molecule has 0 radical (unpaired) electrons. The highest BCUT2D eigenvalue weighted by Crippen LogP contribution is 2.29. The lowest BCUT2D eigenvalue weighted by atomic mass is 10.1. The second-order valence-corrected chi connectivity index (χ2v) is 4.69. The van der Waals surface area contributed by atoms with Crippen LogP contribution in [0.15, 0.2) is 53.1 Å². The number of nitrogens with zero attached hydrogens (tertiary/aromatic N) is 1. The summed E-state index contributed by atoms with van der Waals surface area (Å²) in [7, 11) is 0. The summed E-state index contributed by atoms with van der Waals surface area (Å²) in [6.07, 6.45) is 0. The van der Waals surface area contributed by atoms with Crippen LogP contribution in [0.2, 0.25) is 0 Å².